The Kier molecular flexibility index (Phi) is 3.06. The molecule has 6 heteroatoms. The third kappa shape index (κ3) is 2.00. The number of aryl methyl sites for hydroxylation is 2. The van der Waals surface area contributed by atoms with Gasteiger partial charge in [0.25, 0.3) is 0 Å². The van der Waals surface area contributed by atoms with Crippen molar-refractivity contribution in [3.63, 3.8) is 0 Å². The van der Waals surface area contributed by atoms with Gasteiger partial charge in [-0.2, -0.15) is 5.10 Å². The van der Waals surface area contributed by atoms with Crippen molar-refractivity contribution in [2.24, 2.45) is 12.8 Å². The molecule has 1 saturated heterocycles. The zero-order chi connectivity index (χ0) is 12.6. The summed E-state index contributed by atoms with van der Waals surface area (Å²) < 4.78 is 7.15. The summed E-state index contributed by atoms with van der Waals surface area (Å²) in [4.78, 5) is 2.19. The molecule has 0 radical (unpaired) electrons. The van der Waals surface area contributed by atoms with Crippen LogP contribution in [0.25, 0.3) is 0 Å². The number of hydrogen-bond acceptors (Lipinski definition) is 4. The zero-order valence-electron chi connectivity index (χ0n) is 10.5. The first-order chi connectivity index (χ1) is 8.04. The molecule has 0 amide bonds. The second-order valence-electron chi connectivity index (χ2n) is 4.41. The lowest BCUT2D eigenvalue weighted by atomic mass is 10.2. The molecule has 94 valence electrons. The Labute approximate surface area is 101 Å². The number of hydrogen-bond donors (Lipinski definition) is 2. The molecular weight excluding hydrogens is 218 g/mol. The monoisotopic (exact) mass is 237 g/mol. The van der Waals surface area contributed by atoms with Crippen LogP contribution in [0.5, 0.6) is 0 Å². The fraction of sp³-hybridized carbons (Fsp3) is 0.636. The first kappa shape index (κ1) is 11.9. The Balaban J connectivity index is 2.35. The Morgan fingerprint density at radius 3 is 2.82 bits per heavy atom. The third-order valence-corrected chi connectivity index (χ3v) is 3.24. The first-order valence-corrected chi connectivity index (χ1v) is 5.70. The van der Waals surface area contributed by atoms with Crippen molar-refractivity contribution in [1.82, 2.24) is 9.78 Å². The summed E-state index contributed by atoms with van der Waals surface area (Å²) in [5, 5.41) is 12.0. The van der Waals surface area contributed by atoms with Crippen LogP contribution in [-0.4, -0.2) is 41.9 Å². The van der Waals surface area contributed by atoms with Gasteiger partial charge >= 0.3 is 0 Å². The molecule has 0 aliphatic carbocycles. The van der Waals surface area contributed by atoms with Crippen LogP contribution in [0.1, 0.15) is 17.7 Å². The number of nitrogen functional groups attached to an aromatic ring is 1. The summed E-state index contributed by atoms with van der Waals surface area (Å²) in [6, 6.07) is 0. The van der Waals surface area contributed by atoms with Crippen molar-refractivity contribution in [2.75, 3.05) is 25.1 Å². The van der Waals surface area contributed by atoms with Crippen molar-refractivity contribution < 1.29 is 4.74 Å². The number of nitrogens with two attached hydrogens (primary N) is 1. The lowest BCUT2D eigenvalue weighted by molar-refractivity contribution is 0.121. The van der Waals surface area contributed by atoms with Crippen LogP contribution in [0, 0.1) is 12.3 Å². The van der Waals surface area contributed by atoms with Gasteiger partial charge in [0.05, 0.1) is 17.4 Å². The Bertz CT molecular complexity index is 439. The van der Waals surface area contributed by atoms with Crippen LogP contribution in [-0.2, 0) is 11.8 Å². The molecule has 1 fully saturated rings. The van der Waals surface area contributed by atoms with Crippen LogP contribution in [0.2, 0.25) is 0 Å². The van der Waals surface area contributed by atoms with E-state index < -0.39 is 0 Å². The number of ether oxygens (including phenoxy) is 1. The van der Waals surface area contributed by atoms with Crippen LogP contribution < -0.4 is 10.6 Å². The van der Waals surface area contributed by atoms with E-state index in [0.29, 0.717) is 0 Å². The third-order valence-electron chi connectivity index (χ3n) is 3.24. The molecule has 1 aromatic heterocycles. The molecule has 3 N–H and O–H groups in total. The molecule has 17 heavy (non-hydrogen) atoms. The molecule has 1 aliphatic heterocycles. The second-order valence-corrected chi connectivity index (χ2v) is 4.41. The van der Waals surface area contributed by atoms with Crippen molar-refractivity contribution in [3.05, 3.63) is 11.3 Å². The quantitative estimate of drug-likeness (QED) is 0.583. The molecule has 2 rings (SSSR count). The van der Waals surface area contributed by atoms with Crippen LogP contribution in [0.15, 0.2) is 0 Å². The molecular formula is C11H19N5O. The zero-order valence-corrected chi connectivity index (χ0v) is 10.5. The number of rotatable bonds is 3. The van der Waals surface area contributed by atoms with Gasteiger partial charge in [0.2, 0.25) is 0 Å². The van der Waals surface area contributed by atoms with E-state index in [2.05, 4.69) is 10.00 Å². The van der Waals surface area contributed by atoms with Gasteiger partial charge in [0.1, 0.15) is 11.7 Å². The first-order valence-electron chi connectivity index (χ1n) is 5.70. The number of anilines is 1. The predicted octanol–water partition coefficient (Wildman–Crippen LogP) is 0.238. The number of methoxy groups -OCH3 is 1. The maximum absolute atomic E-state index is 7.66. The van der Waals surface area contributed by atoms with E-state index in [1.165, 1.54) is 0 Å². The summed E-state index contributed by atoms with van der Waals surface area (Å²) in [7, 11) is 3.61. The average molecular weight is 237 g/mol. The highest BCUT2D eigenvalue weighted by Crippen LogP contribution is 2.26. The Morgan fingerprint density at radius 1 is 1.59 bits per heavy atom. The molecule has 1 atom stereocenters. The minimum atomic E-state index is 0.0754. The molecule has 2 heterocycles. The van der Waals surface area contributed by atoms with E-state index in [-0.39, 0.29) is 11.9 Å². The SMILES string of the molecule is COC1CCN(c2c(C(=N)N)c(C)nn2C)C1. The molecule has 0 spiro atoms. The van der Waals surface area contributed by atoms with Crippen LogP contribution in [0.3, 0.4) is 0 Å². The smallest absolute Gasteiger partial charge is 0.137 e. The highest BCUT2D eigenvalue weighted by Gasteiger charge is 2.28. The standard InChI is InChI=1S/C11H19N5O/c1-7-9(10(12)13)11(15(2)14-7)16-5-4-8(6-16)17-3/h8H,4-6H2,1-3H3,(H3,12,13). The van der Waals surface area contributed by atoms with Gasteiger partial charge in [0, 0.05) is 27.2 Å². The largest absolute Gasteiger partial charge is 0.384 e. The number of nitrogens with zero attached hydrogens (tertiary/aromatic N) is 3. The van der Waals surface area contributed by atoms with Gasteiger partial charge in [-0.25, -0.2) is 0 Å². The van der Waals surface area contributed by atoms with E-state index >= 15 is 0 Å². The average Bonchev–Trinajstić information content (AvgIpc) is 2.81. The fourth-order valence-corrected chi connectivity index (χ4v) is 2.44. The lowest BCUT2D eigenvalue weighted by Gasteiger charge is -2.19. The van der Waals surface area contributed by atoms with E-state index in [4.69, 9.17) is 15.9 Å². The number of nitrogens with one attached hydrogen (secondary N) is 1. The van der Waals surface area contributed by atoms with Gasteiger partial charge in [-0.15, -0.1) is 0 Å². The van der Waals surface area contributed by atoms with Crippen molar-refractivity contribution in [3.8, 4) is 0 Å². The summed E-state index contributed by atoms with van der Waals surface area (Å²) in [5.74, 6) is 1.00. The molecule has 0 bridgehead atoms. The number of aromatic nitrogens is 2. The minimum absolute atomic E-state index is 0.0754. The topological polar surface area (TPSA) is 80.2 Å². The summed E-state index contributed by atoms with van der Waals surface area (Å²) in [6.07, 6.45) is 1.25. The van der Waals surface area contributed by atoms with Crippen molar-refractivity contribution in [2.45, 2.75) is 19.4 Å². The number of amidine groups is 1. The molecule has 0 aromatic carbocycles. The fourth-order valence-electron chi connectivity index (χ4n) is 2.44. The minimum Gasteiger partial charge on any atom is -0.384 e. The van der Waals surface area contributed by atoms with Crippen LogP contribution >= 0.6 is 0 Å². The van der Waals surface area contributed by atoms with E-state index in [0.717, 1.165) is 36.6 Å². The van der Waals surface area contributed by atoms with Gasteiger partial charge in [-0.1, -0.05) is 0 Å². The van der Waals surface area contributed by atoms with Gasteiger partial charge < -0.3 is 15.4 Å². The molecule has 1 aliphatic rings. The lowest BCUT2D eigenvalue weighted by Crippen LogP contribution is -2.27. The van der Waals surface area contributed by atoms with Crippen molar-refractivity contribution in [1.29, 1.82) is 5.41 Å². The van der Waals surface area contributed by atoms with E-state index in [1.54, 1.807) is 11.8 Å². The predicted molar refractivity (Wildman–Crippen MR) is 66.6 cm³/mol. The highest BCUT2D eigenvalue weighted by molar-refractivity contribution is 6.01. The summed E-state index contributed by atoms with van der Waals surface area (Å²) in [5.41, 5.74) is 7.18. The summed E-state index contributed by atoms with van der Waals surface area (Å²) >= 11 is 0. The van der Waals surface area contributed by atoms with E-state index in [9.17, 15) is 0 Å². The normalized spacial score (nSPS) is 19.9. The maximum atomic E-state index is 7.66. The van der Waals surface area contributed by atoms with Gasteiger partial charge in [0.15, 0.2) is 0 Å². The Hall–Kier alpha value is -1.56. The molecule has 1 unspecified atom stereocenters. The van der Waals surface area contributed by atoms with Gasteiger partial charge in [-0.05, 0) is 13.3 Å². The second kappa shape index (κ2) is 4.37. The Morgan fingerprint density at radius 2 is 2.29 bits per heavy atom. The maximum Gasteiger partial charge on any atom is 0.137 e. The molecule has 6 nitrogen and oxygen atoms in total. The highest BCUT2D eigenvalue weighted by atomic mass is 16.5. The van der Waals surface area contributed by atoms with Crippen molar-refractivity contribution >= 4 is 11.7 Å². The molecule has 0 saturated carbocycles. The molecule has 1 aromatic rings. The van der Waals surface area contributed by atoms with E-state index in [1.807, 2.05) is 14.0 Å². The van der Waals surface area contributed by atoms with Gasteiger partial charge in [-0.3, -0.25) is 10.1 Å². The summed E-state index contributed by atoms with van der Waals surface area (Å²) in [6.45, 7) is 3.62. The van der Waals surface area contributed by atoms with Crippen LogP contribution in [0.4, 0.5) is 5.82 Å².